The van der Waals surface area contributed by atoms with E-state index in [0.717, 1.165) is 26.0 Å². The number of hydrogen-bond donors (Lipinski definition) is 1. The summed E-state index contributed by atoms with van der Waals surface area (Å²) in [5.74, 6) is 0. The number of halogens is 1. The number of nitrogen functional groups attached to an aromatic ring is 1. The van der Waals surface area contributed by atoms with Gasteiger partial charge in [0, 0.05) is 15.8 Å². The van der Waals surface area contributed by atoms with Crippen LogP contribution >= 0.6 is 22.9 Å². The maximum absolute atomic E-state index is 6.18. The first-order valence-electron chi connectivity index (χ1n) is 4.49. The standard InChI is InChI=1S/C11H7ClN2S/c12-8-5-9-10(14-11(13)15-9)7-4-2-1-3-6(7)8/h1-5H,(H2,13,14). The molecule has 2 N–H and O–H groups in total. The molecule has 3 aromatic rings. The molecule has 15 heavy (non-hydrogen) atoms. The van der Waals surface area contributed by atoms with Gasteiger partial charge in [-0.15, -0.1) is 0 Å². The van der Waals surface area contributed by atoms with Gasteiger partial charge in [0.05, 0.1) is 10.2 Å². The Kier molecular flexibility index (Phi) is 1.84. The van der Waals surface area contributed by atoms with Gasteiger partial charge in [-0.05, 0) is 6.07 Å². The third-order valence-corrected chi connectivity index (χ3v) is 3.51. The minimum Gasteiger partial charge on any atom is -0.375 e. The van der Waals surface area contributed by atoms with Crippen molar-refractivity contribution >= 4 is 49.1 Å². The zero-order valence-electron chi connectivity index (χ0n) is 7.70. The molecule has 0 unspecified atom stereocenters. The Labute approximate surface area is 95.3 Å². The summed E-state index contributed by atoms with van der Waals surface area (Å²) in [5.41, 5.74) is 6.64. The molecule has 0 saturated heterocycles. The molecule has 0 saturated carbocycles. The molecule has 1 heterocycles. The number of nitrogens with two attached hydrogens (primary N) is 1. The summed E-state index contributed by atoms with van der Waals surface area (Å²) < 4.78 is 1.04. The molecule has 0 aliphatic heterocycles. The molecular formula is C11H7ClN2S. The zero-order valence-corrected chi connectivity index (χ0v) is 9.27. The molecule has 0 radical (unpaired) electrons. The minimum atomic E-state index is 0.581. The molecule has 1 aromatic heterocycles. The molecule has 0 aliphatic carbocycles. The summed E-state index contributed by atoms with van der Waals surface area (Å²) in [7, 11) is 0. The van der Waals surface area contributed by atoms with Crippen molar-refractivity contribution in [3.63, 3.8) is 0 Å². The SMILES string of the molecule is Nc1nc2c(cc(Cl)c3ccccc32)s1. The number of hydrogen-bond acceptors (Lipinski definition) is 3. The summed E-state index contributed by atoms with van der Waals surface area (Å²) in [6.45, 7) is 0. The quantitative estimate of drug-likeness (QED) is 0.644. The van der Waals surface area contributed by atoms with Crippen molar-refractivity contribution in [2.24, 2.45) is 0 Å². The maximum Gasteiger partial charge on any atom is 0.181 e. The van der Waals surface area contributed by atoms with Crippen molar-refractivity contribution in [1.29, 1.82) is 0 Å². The van der Waals surface area contributed by atoms with Crippen molar-refractivity contribution in [3.05, 3.63) is 35.4 Å². The van der Waals surface area contributed by atoms with Crippen molar-refractivity contribution in [3.8, 4) is 0 Å². The number of fused-ring (bicyclic) bond motifs is 3. The van der Waals surface area contributed by atoms with Gasteiger partial charge in [0.2, 0.25) is 0 Å². The second-order valence-corrected chi connectivity index (χ2v) is 4.77. The number of benzene rings is 2. The first kappa shape index (κ1) is 8.95. The first-order valence-corrected chi connectivity index (χ1v) is 5.68. The lowest BCUT2D eigenvalue weighted by molar-refractivity contribution is 1.51. The predicted octanol–water partition coefficient (Wildman–Crippen LogP) is 3.69. The van der Waals surface area contributed by atoms with Gasteiger partial charge in [0.15, 0.2) is 5.13 Å². The summed E-state index contributed by atoms with van der Waals surface area (Å²) >= 11 is 7.65. The Morgan fingerprint density at radius 1 is 1.20 bits per heavy atom. The van der Waals surface area contributed by atoms with Crippen LogP contribution in [0.2, 0.25) is 5.02 Å². The zero-order chi connectivity index (χ0) is 10.4. The van der Waals surface area contributed by atoms with Crippen molar-refractivity contribution < 1.29 is 0 Å². The maximum atomic E-state index is 6.18. The van der Waals surface area contributed by atoms with Crippen LogP contribution in [-0.2, 0) is 0 Å². The highest BCUT2D eigenvalue weighted by molar-refractivity contribution is 7.22. The topological polar surface area (TPSA) is 38.9 Å². The van der Waals surface area contributed by atoms with Crippen LogP contribution in [0.15, 0.2) is 30.3 Å². The molecule has 0 bridgehead atoms. The predicted molar refractivity (Wildman–Crippen MR) is 66.5 cm³/mol. The van der Waals surface area contributed by atoms with E-state index in [9.17, 15) is 0 Å². The summed E-state index contributed by atoms with van der Waals surface area (Å²) in [4.78, 5) is 4.32. The lowest BCUT2D eigenvalue weighted by Gasteiger charge is -2.00. The Balaban J connectivity index is 2.62. The molecule has 4 heteroatoms. The van der Waals surface area contributed by atoms with E-state index in [1.165, 1.54) is 11.3 Å². The van der Waals surface area contributed by atoms with Gasteiger partial charge in [0.1, 0.15) is 0 Å². The van der Waals surface area contributed by atoms with Crippen molar-refractivity contribution in [1.82, 2.24) is 4.98 Å². The minimum absolute atomic E-state index is 0.581. The summed E-state index contributed by atoms with van der Waals surface area (Å²) in [5, 5.41) is 3.42. The van der Waals surface area contributed by atoms with Gasteiger partial charge in [-0.25, -0.2) is 4.98 Å². The van der Waals surface area contributed by atoms with Gasteiger partial charge in [0.25, 0.3) is 0 Å². The third kappa shape index (κ3) is 1.28. The van der Waals surface area contributed by atoms with Crippen molar-refractivity contribution in [2.45, 2.75) is 0 Å². The van der Waals surface area contributed by atoms with E-state index in [2.05, 4.69) is 4.98 Å². The molecule has 3 rings (SSSR count). The molecule has 0 spiro atoms. The number of anilines is 1. The number of rotatable bonds is 0. The van der Waals surface area contributed by atoms with Crippen LogP contribution < -0.4 is 5.73 Å². The fourth-order valence-corrected chi connectivity index (χ4v) is 2.86. The average Bonchev–Trinajstić information content (AvgIpc) is 2.59. The van der Waals surface area contributed by atoms with E-state index < -0.39 is 0 Å². The Hall–Kier alpha value is -1.32. The Morgan fingerprint density at radius 3 is 2.73 bits per heavy atom. The molecule has 0 amide bonds. The van der Waals surface area contributed by atoms with Gasteiger partial charge < -0.3 is 5.73 Å². The fourth-order valence-electron chi connectivity index (χ4n) is 1.73. The van der Waals surface area contributed by atoms with E-state index in [4.69, 9.17) is 17.3 Å². The second kappa shape index (κ2) is 3.08. The monoisotopic (exact) mass is 234 g/mol. The summed E-state index contributed by atoms with van der Waals surface area (Å²) in [6.07, 6.45) is 0. The van der Waals surface area contributed by atoms with Gasteiger partial charge in [-0.2, -0.15) is 0 Å². The molecule has 0 aliphatic rings. The van der Waals surface area contributed by atoms with E-state index in [0.29, 0.717) is 5.13 Å². The van der Waals surface area contributed by atoms with Crippen LogP contribution in [0.3, 0.4) is 0 Å². The van der Waals surface area contributed by atoms with E-state index in [1.807, 2.05) is 30.3 Å². The van der Waals surface area contributed by atoms with Crippen LogP contribution in [0.25, 0.3) is 21.0 Å². The molecule has 0 fully saturated rings. The van der Waals surface area contributed by atoms with Gasteiger partial charge >= 0.3 is 0 Å². The molecule has 2 aromatic carbocycles. The van der Waals surface area contributed by atoms with E-state index >= 15 is 0 Å². The third-order valence-electron chi connectivity index (χ3n) is 2.37. The number of thiazole rings is 1. The van der Waals surface area contributed by atoms with E-state index in [-0.39, 0.29) is 0 Å². The smallest absolute Gasteiger partial charge is 0.181 e. The number of nitrogens with zero attached hydrogens (tertiary/aromatic N) is 1. The average molecular weight is 235 g/mol. The Morgan fingerprint density at radius 2 is 1.93 bits per heavy atom. The second-order valence-electron chi connectivity index (χ2n) is 3.30. The van der Waals surface area contributed by atoms with Crippen LogP contribution in [0.5, 0.6) is 0 Å². The van der Waals surface area contributed by atoms with Gasteiger partial charge in [-0.1, -0.05) is 47.2 Å². The highest BCUT2D eigenvalue weighted by Gasteiger charge is 2.08. The molecule has 0 atom stereocenters. The lowest BCUT2D eigenvalue weighted by Crippen LogP contribution is -1.80. The fraction of sp³-hybridized carbons (Fsp3) is 0. The Bertz CT molecular complexity index is 660. The van der Waals surface area contributed by atoms with Crippen LogP contribution in [0.4, 0.5) is 5.13 Å². The molecule has 2 nitrogen and oxygen atoms in total. The van der Waals surface area contributed by atoms with Crippen LogP contribution in [-0.4, -0.2) is 4.98 Å². The van der Waals surface area contributed by atoms with E-state index in [1.54, 1.807) is 0 Å². The highest BCUT2D eigenvalue weighted by Crippen LogP contribution is 2.34. The summed E-state index contributed by atoms with van der Waals surface area (Å²) in [6, 6.07) is 9.88. The van der Waals surface area contributed by atoms with Crippen LogP contribution in [0.1, 0.15) is 0 Å². The van der Waals surface area contributed by atoms with Crippen molar-refractivity contribution in [2.75, 3.05) is 5.73 Å². The first-order chi connectivity index (χ1) is 7.25. The largest absolute Gasteiger partial charge is 0.375 e. The van der Waals surface area contributed by atoms with Crippen LogP contribution in [0, 0.1) is 0 Å². The highest BCUT2D eigenvalue weighted by atomic mass is 35.5. The molecular weight excluding hydrogens is 228 g/mol. The van der Waals surface area contributed by atoms with Gasteiger partial charge in [-0.3, -0.25) is 0 Å². The number of aromatic nitrogens is 1. The lowest BCUT2D eigenvalue weighted by atomic mass is 10.1. The molecule has 74 valence electrons. The normalized spacial score (nSPS) is 11.3.